The molecule has 3 heterocycles. The lowest BCUT2D eigenvalue weighted by Gasteiger charge is -2.21. The van der Waals surface area contributed by atoms with E-state index in [1.165, 1.54) is 22.0 Å². The minimum absolute atomic E-state index is 0.0568. The fraction of sp³-hybridized carbons (Fsp3) is 0.263. The Morgan fingerprint density at radius 3 is 2.92 bits per heavy atom. The van der Waals surface area contributed by atoms with Crippen LogP contribution in [-0.2, 0) is 19.5 Å². The second kappa shape index (κ2) is 5.95. The van der Waals surface area contributed by atoms with Gasteiger partial charge in [-0.1, -0.05) is 23.7 Å². The number of aromatic nitrogens is 2. The topological polar surface area (TPSA) is 38.1 Å². The lowest BCUT2D eigenvalue weighted by Crippen LogP contribution is -2.31. The summed E-state index contributed by atoms with van der Waals surface area (Å²) in [6, 6.07) is 9.82. The average Bonchev–Trinajstić information content (AvgIpc) is 2.86. The number of hydrogen-bond acceptors (Lipinski definition) is 2. The van der Waals surface area contributed by atoms with Crippen molar-refractivity contribution in [3.8, 4) is 0 Å². The van der Waals surface area contributed by atoms with Crippen LogP contribution >= 0.6 is 11.6 Å². The van der Waals surface area contributed by atoms with Crippen LogP contribution in [0.3, 0.4) is 0 Å². The fourth-order valence-electron chi connectivity index (χ4n) is 3.53. The first kappa shape index (κ1) is 15.2. The summed E-state index contributed by atoms with van der Waals surface area (Å²) in [6.07, 6.45) is 4.67. The summed E-state index contributed by atoms with van der Waals surface area (Å²) in [5.41, 5.74) is 4.23. The number of pyridine rings is 1. The highest BCUT2D eigenvalue weighted by atomic mass is 35.5. The van der Waals surface area contributed by atoms with E-state index < -0.39 is 0 Å². The molecule has 1 aliphatic heterocycles. The van der Waals surface area contributed by atoms with Crippen LogP contribution in [0.1, 0.15) is 28.4 Å². The zero-order valence-electron chi connectivity index (χ0n) is 13.5. The molecule has 1 aliphatic rings. The molecule has 1 amide bonds. The van der Waals surface area contributed by atoms with Gasteiger partial charge in [0.15, 0.2) is 0 Å². The van der Waals surface area contributed by atoms with Gasteiger partial charge in [-0.25, -0.2) is 4.98 Å². The Bertz CT molecular complexity index is 932. The van der Waals surface area contributed by atoms with E-state index in [9.17, 15) is 4.79 Å². The first-order chi connectivity index (χ1) is 11.7. The molecule has 0 unspecified atom stereocenters. The lowest BCUT2D eigenvalue weighted by atomic mass is 10.1. The van der Waals surface area contributed by atoms with E-state index in [0.29, 0.717) is 18.7 Å². The number of carbonyl (C=O) groups excluding carboxylic acids is 1. The highest BCUT2D eigenvalue weighted by molar-refractivity contribution is 6.32. The minimum Gasteiger partial charge on any atom is -0.347 e. The number of benzene rings is 1. The smallest absolute Gasteiger partial charge is 0.257 e. The summed E-state index contributed by atoms with van der Waals surface area (Å²) in [7, 11) is 0. The normalized spacial score (nSPS) is 14.0. The van der Waals surface area contributed by atoms with Crippen molar-refractivity contribution in [3.63, 3.8) is 0 Å². The van der Waals surface area contributed by atoms with E-state index in [0.717, 1.165) is 13.0 Å². The molecule has 5 heteroatoms. The number of aryl methyl sites for hydroxylation is 1. The van der Waals surface area contributed by atoms with Crippen molar-refractivity contribution >= 4 is 28.4 Å². The Hall–Kier alpha value is -2.33. The molecular formula is C19H18ClN3O. The number of halogens is 1. The first-order valence-corrected chi connectivity index (χ1v) is 8.56. The molecule has 0 N–H and O–H groups in total. The maximum atomic E-state index is 12.9. The number of amides is 1. The van der Waals surface area contributed by atoms with Crippen molar-refractivity contribution in [2.45, 2.75) is 26.4 Å². The summed E-state index contributed by atoms with van der Waals surface area (Å²) in [5, 5.41) is 1.56. The molecule has 0 spiro atoms. The van der Waals surface area contributed by atoms with Gasteiger partial charge in [0.25, 0.3) is 5.91 Å². The van der Waals surface area contributed by atoms with Crippen molar-refractivity contribution in [2.24, 2.45) is 0 Å². The van der Waals surface area contributed by atoms with Gasteiger partial charge < -0.3 is 9.47 Å². The molecule has 2 aromatic heterocycles. The predicted octanol–water partition coefficient (Wildman–Crippen LogP) is 3.91. The molecule has 0 aliphatic carbocycles. The summed E-state index contributed by atoms with van der Waals surface area (Å²) in [5.74, 6) is -0.0568. The molecule has 0 radical (unpaired) electrons. The van der Waals surface area contributed by atoms with E-state index in [2.05, 4.69) is 40.9 Å². The molecule has 0 saturated heterocycles. The van der Waals surface area contributed by atoms with Crippen molar-refractivity contribution in [3.05, 3.63) is 64.6 Å². The van der Waals surface area contributed by atoms with Crippen molar-refractivity contribution in [1.29, 1.82) is 0 Å². The van der Waals surface area contributed by atoms with Crippen molar-refractivity contribution < 1.29 is 4.79 Å². The summed E-state index contributed by atoms with van der Waals surface area (Å²) in [4.78, 5) is 18.8. The second-order valence-corrected chi connectivity index (χ2v) is 6.43. The van der Waals surface area contributed by atoms with Crippen LogP contribution in [0, 0.1) is 0 Å². The number of hydrogen-bond donors (Lipinski definition) is 0. The summed E-state index contributed by atoms with van der Waals surface area (Å²) >= 11 is 6.11. The molecule has 4 nitrogen and oxygen atoms in total. The number of carbonyl (C=O) groups is 1. The Balaban J connectivity index is 1.74. The maximum absolute atomic E-state index is 12.9. The van der Waals surface area contributed by atoms with Crippen LogP contribution in [0.25, 0.3) is 10.9 Å². The third-order valence-electron chi connectivity index (χ3n) is 4.70. The van der Waals surface area contributed by atoms with Gasteiger partial charge in [0.1, 0.15) is 5.15 Å². The zero-order valence-corrected chi connectivity index (χ0v) is 14.3. The third-order valence-corrected chi connectivity index (χ3v) is 5.00. The van der Waals surface area contributed by atoms with E-state index in [-0.39, 0.29) is 11.1 Å². The zero-order chi connectivity index (χ0) is 16.7. The predicted molar refractivity (Wildman–Crippen MR) is 95.3 cm³/mol. The molecule has 3 aromatic rings. The molecule has 0 atom stereocenters. The number of nitrogens with zero attached hydrogens (tertiary/aromatic N) is 3. The summed E-state index contributed by atoms with van der Waals surface area (Å²) < 4.78 is 2.28. The van der Waals surface area contributed by atoms with E-state index in [1.54, 1.807) is 18.3 Å². The van der Waals surface area contributed by atoms with Crippen molar-refractivity contribution in [2.75, 3.05) is 6.54 Å². The Morgan fingerprint density at radius 2 is 2.12 bits per heavy atom. The third kappa shape index (κ3) is 2.38. The van der Waals surface area contributed by atoms with Gasteiger partial charge in [0, 0.05) is 42.9 Å². The molecule has 0 bridgehead atoms. The fourth-order valence-corrected chi connectivity index (χ4v) is 3.73. The van der Waals surface area contributed by atoms with Gasteiger partial charge in [-0.3, -0.25) is 4.79 Å². The number of rotatable bonds is 2. The molecular weight excluding hydrogens is 322 g/mol. The van der Waals surface area contributed by atoms with Crippen LogP contribution in [0.5, 0.6) is 0 Å². The monoisotopic (exact) mass is 339 g/mol. The molecule has 122 valence electrons. The molecule has 4 rings (SSSR count). The molecule has 0 fully saturated rings. The van der Waals surface area contributed by atoms with Gasteiger partial charge in [-0.05, 0) is 42.7 Å². The maximum Gasteiger partial charge on any atom is 0.257 e. The van der Waals surface area contributed by atoms with Crippen LogP contribution in [0.2, 0.25) is 5.15 Å². The van der Waals surface area contributed by atoms with E-state index in [4.69, 9.17) is 11.6 Å². The van der Waals surface area contributed by atoms with Crippen LogP contribution in [-0.4, -0.2) is 26.9 Å². The minimum atomic E-state index is -0.0568. The standard InChI is InChI=1S/C19H18ClN3O/c1-2-22-11-14-8-10-23(12-13-5-3-7-16(22)17(13)14)19(24)15-6-4-9-21-18(15)20/h3-7,9,11H,2,8,10,12H2,1H3. The van der Waals surface area contributed by atoms with Crippen molar-refractivity contribution in [1.82, 2.24) is 14.5 Å². The molecule has 1 aromatic carbocycles. The van der Waals surface area contributed by atoms with Crippen LogP contribution < -0.4 is 0 Å². The largest absolute Gasteiger partial charge is 0.347 e. The summed E-state index contributed by atoms with van der Waals surface area (Å²) in [6.45, 7) is 4.39. The Labute approximate surface area is 145 Å². The van der Waals surface area contributed by atoms with E-state index >= 15 is 0 Å². The van der Waals surface area contributed by atoms with Gasteiger partial charge >= 0.3 is 0 Å². The first-order valence-electron chi connectivity index (χ1n) is 8.18. The van der Waals surface area contributed by atoms with E-state index in [1.807, 2.05) is 4.90 Å². The second-order valence-electron chi connectivity index (χ2n) is 6.07. The highest BCUT2D eigenvalue weighted by Gasteiger charge is 2.24. The molecule has 0 saturated carbocycles. The van der Waals surface area contributed by atoms with Crippen LogP contribution in [0.4, 0.5) is 0 Å². The molecule has 24 heavy (non-hydrogen) atoms. The highest BCUT2D eigenvalue weighted by Crippen LogP contribution is 2.30. The van der Waals surface area contributed by atoms with Gasteiger partial charge in [-0.2, -0.15) is 0 Å². The lowest BCUT2D eigenvalue weighted by molar-refractivity contribution is 0.0747. The Morgan fingerprint density at radius 1 is 1.25 bits per heavy atom. The quantitative estimate of drug-likeness (QED) is 0.664. The van der Waals surface area contributed by atoms with Gasteiger partial charge in [-0.15, -0.1) is 0 Å². The van der Waals surface area contributed by atoms with Gasteiger partial charge in [0.2, 0.25) is 0 Å². The van der Waals surface area contributed by atoms with Crippen LogP contribution in [0.15, 0.2) is 42.7 Å². The SMILES string of the molecule is CCn1cc2c3c(cccc31)CN(C(=O)c1cccnc1Cl)CC2. The Kier molecular flexibility index (Phi) is 3.77. The van der Waals surface area contributed by atoms with Gasteiger partial charge in [0.05, 0.1) is 5.56 Å². The average molecular weight is 340 g/mol.